The summed E-state index contributed by atoms with van der Waals surface area (Å²) < 4.78 is 110. The van der Waals surface area contributed by atoms with E-state index < -0.39 is 30.8 Å². The molecule has 1 aliphatic heterocycles. The van der Waals surface area contributed by atoms with Crippen LogP contribution in [0.4, 0.5) is 35.1 Å². The van der Waals surface area contributed by atoms with Gasteiger partial charge in [0.05, 0.1) is 19.8 Å². The lowest BCUT2D eigenvalue weighted by atomic mass is 10.1. The third kappa shape index (κ3) is 4.19. The van der Waals surface area contributed by atoms with E-state index in [1.807, 2.05) is 0 Å². The second-order valence-corrected chi connectivity index (χ2v) is 4.87. The van der Waals surface area contributed by atoms with Crippen LogP contribution in [0.2, 0.25) is 0 Å². The van der Waals surface area contributed by atoms with Crippen molar-refractivity contribution < 1.29 is 49.5 Å². The fourth-order valence-electron chi connectivity index (χ4n) is 1.80. The Kier molecular flexibility index (Phi) is 6.39. The SMILES string of the molecule is FC(F)C(F)(F)C(F)(F)C(F)(F)COCC[NH+]1CCOCC1. The number of rotatable bonds is 8. The fourth-order valence-corrected chi connectivity index (χ4v) is 1.80. The molecule has 0 aromatic carbocycles. The molecule has 0 atom stereocenters. The van der Waals surface area contributed by atoms with Crippen LogP contribution in [0, 0.1) is 0 Å². The van der Waals surface area contributed by atoms with E-state index in [0.29, 0.717) is 26.3 Å². The van der Waals surface area contributed by atoms with Crippen molar-refractivity contribution in [2.45, 2.75) is 24.2 Å². The summed E-state index contributed by atoms with van der Waals surface area (Å²) in [6, 6.07) is 0. The summed E-state index contributed by atoms with van der Waals surface area (Å²) in [5.74, 6) is -17.8. The van der Waals surface area contributed by atoms with Crippen LogP contribution >= 0.6 is 0 Å². The third-order valence-corrected chi connectivity index (χ3v) is 3.24. The van der Waals surface area contributed by atoms with Crippen molar-refractivity contribution in [3.8, 4) is 0 Å². The van der Waals surface area contributed by atoms with Gasteiger partial charge in [-0.05, 0) is 0 Å². The maximum Gasteiger partial charge on any atom is 0.380 e. The standard InChI is InChI=1S/C11H15F8NO2/c12-8(13)10(16,17)11(18,19)9(14,15)7-22-6-3-20-1-4-21-5-2-20/h8H,1-7H2/p+1. The van der Waals surface area contributed by atoms with Crippen molar-refractivity contribution in [3.05, 3.63) is 0 Å². The highest BCUT2D eigenvalue weighted by Gasteiger charge is 2.75. The van der Waals surface area contributed by atoms with E-state index >= 15 is 0 Å². The Balaban J connectivity index is 2.48. The average Bonchev–Trinajstić information content (AvgIpc) is 2.44. The molecule has 0 unspecified atom stereocenters. The van der Waals surface area contributed by atoms with E-state index in [9.17, 15) is 35.1 Å². The topological polar surface area (TPSA) is 22.9 Å². The van der Waals surface area contributed by atoms with Gasteiger partial charge in [0, 0.05) is 0 Å². The first-order valence-electron chi connectivity index (χ1n) is 6.43. The molecule has 1 aliphatic rings. The minimum Gasteiger partial charge on any atom is -0.370 e. The first-order chi connectivity index (χ1) is 10.0. The van der Waals surface area contributed by atoms with Gasteiger partial charge in [0.1, 0.15) is 26.2 Å². The van der Waals surface area contributed by atoms with Crippen molar-refractivity contribution in [1.29, 1.82) is 0 Å². The monoisotopic (exact) mass is 346 g/mol. The quantitative estimate of drug-likeness (QED) is 0.525. The van der Waals surface area contributed by atoms with Gasteiger partial charge in [0.15, 0.2) is 0 Å². The Morgan fingerprint density at radius 1 is 1.00 bits per heavy atom. The lowest BCUT2D eigenvalue weighted by molar-refractivity contribution is -0.908. The van der Waals surface area contributed by atoms with Crippen molar-refractivity contribution >= 4 is 0 Å². The number of morpholine rings is 1. The Labute approximate surface area is 121 Å². The van der Waals surface area contributed by atoms with Crippen molar-refractivity contribution in [1.82, 2.24) is 0 Å². The molecule has 0 aromatic heterocycles. The summed E-state index contributed by atoms with van der Waals surface area (Å²) >= 11 is 0. The number of hydrogen-bond donors (Lipinski definition) is 1. The van der Waals surface area contributed by atoms with Crippen LogP contribution in [-0.4, -0.2) is 70.3 Å². The van der Waals surface area contributed by atoms with Gasteiger partial charge in [-0.1, -0.05) is 0 Å². The van der Waals surface area contributed by atoms with Gasteiger partial charge in [0.2, 0.25) is 0 Å². The van der Waals surface area contributed by atoms with Gasteiger partial charge in [-0.3, -0.25) is 0 Å². The van der Waals surface area contributed by atoms with Gasteiger partial charge in [-0.25, -0.2) is 8.78 Å². The van der Waals surface area contributed by atoms with Gasteiger partial charge in [-0.2, -0.15) is 26.3 Å². The van der Waals surface area contributed by atoms with E-state index in [1.165, 1.54) is 0 Å². The summed E-state index contributed by atoms with van der Waals surface area (Å²) in [6.07, 6.45) is -4.91. The molecule has 1 saturated heterocycles. The normalized spacial score (nSPS) is 19.0. The summed E-state index contributed by atoms with van der Waals surface area (Å²) in [5.41, 5.74) is 0. The second kappa shape index (κ2) is 7.26. The van der Waals surface area contributed by atoms with E-state index in [4.69, 9.17) is 4.74 Å². The minimum absolute atomic E-state index is 0.191. The number of quaternary nitrogens is 1. The molecule has 1 rings (SSSR count). The van der Waals surface area contributed by atoms with E-state index in [0.717, 1.165) is 4.90 Å². The number of nitrogens with one attached hydrogen (secondary N) is 1. The molecule has 22 heavy (non-hydrogen) atoms. The number of alkyl halides is 8. The molecule has 132 valence electrons. The summed E-state index contributed by atoms with van der Waals surface area (Å²) in [7, 11) is 0. The van der Waals surface area contributed by atoms with Gasteiger partial charge in [-0.15, -0.1) is 0 Å². The third-order valence-electron chi connectivity index (χ3n) is 3.24. The van der Waals surface area contributed by atoms with Gasteiger partial charge >= 0.3 is 24.2 Å². The zero-order valence-corrected chi connectivity index (χ0v) is 11.4. The Morgan fingerprint density at radius 3 is 2.05 bits per heavy atom. The highest BCUT2D eigenvalue weighted by molar-refractivity contribution is 4.97. The molecule has 0 radical (unpaired) electrons. The first-order valence-corrected chi connectivity index (χ1v) is 6.43. The van der Waals surface area contributed by atoms with Crippen LogP contribution in [0.25, 0.3) is 0 Å². The van der Waals surface area contributed by atoms with Crippen molar-refractivity contribution in [2.24, 2.45) is 0 Å². The fraction of sp³-hybridized carbons (Fsp3) is 1.00. The molecule has 0 aromatic rings. The van der Waals surface area contributed by atoms with Crippen LogP contribution in [0.3, 0.4) is 0 Å². The number of ether oxygens (including phenoxy) is 2. The molecule has 0 aliphatic carbocycles. The van der Waals surface area contributed by atoms with Gasteiger partial charge in [0.25, 0.3) is 0 Å². The van der Waals surface area contributed by atoms with Gasteiger partial charge < -0.3 is 14.4 Å². The van der Waals surface area contributed by atoms with E-state index in [2.05, 4.69) is 4.74 Å². The molecule has 1 N–H and O–H groups in total. The molecule has 11 heteroatoms. The van der Waals surface area contributed by atoms with Crippen LogP contribution in [0.1, 0.15) is 0 Å². The maximum atomic E-state index is 13.1. The number of hydrogen-bond acceptors (Lipinski definition) is 2. The molecular formula is C11H16F8NO2+. The van der Waals surface area contributed by atoms with E-state index in [-0.39, 0.29) is 13.2 Å². The zero-order valence-electron chi connectivity index (χ0n) is 11.4. The molecule has 1 heterocycles. The molecule has 0 bridgehead atoms. The number of halogens is 8. The Hall–Kier alpha value is -0.680. The Bertz CT molecular complexity index is 347. The molecule has 0 spiro atoms. The first kappa shape index (κ1) is 19.4. The zero-order chi connectivity index (χ0) is 17.0. The average molecular weight is 346 g/mol. The predicted octanol–water partition coefficient (Wildman–Crippen LogP) is 1.09. The van der Waals surface area contributed by atoms with Crippen molar-refractivity contribution in [3.63, 3.8) is 0 Å². The van der Waals surface area contributed by atoms with Crippen molar-refractivity contribution in [2.75, 3.05) is 46.1 Å². The minimum atomic E-state index is -6.21. The van der Waals surface area contributed by atoms with Crippen LogP contribution in [-0.2, 0) is 9.47 Å². The summed E-state index contributed by atoms with van der Waals surface area (Å²) in [4.78, 5) is 0.916. The maximum absolute atomic E-state index is 13.1. The highest BCUT2D eigenvalue weighted by Crippen LogP contribution is 2.48. The lowest BCUT2D eigenvalue weighted by Crippen LogP contribution is -3.14. The second-order valence-electron chi connectivity index (χ2n) is 4.87. The lowest BCUT2D eigenvalue weighted by Gasteiger charge is -2.32. The highest BCUT2D eigenvalue weighted by atomic mass is 19.4. The smallest absolute Gasteiger partial charge is 0.370 e. The molecule has 1 fully saturated rings. The molecular weight excluding hydrogens is 330 g/mol. The molecule has 0 amide bonds. The largest absolute Gasteiger partial charge is 0.380 e. The Morgan fingerprint density at radius 2 is 1.55 bits per heavy atom. The van der Waals surface area contributed by atoms with Crippen LogP contribution < -0.4 is 4.90 Å². The van der Waals surface area contributed by atoms with Crippen LogP contribution in [0.5, 0.6) is 0 Å². The van der Waals surface area contributed by atoms with E-state index in [1.54, 1.807) is 0 Å². The predicted molar refractivity (Wildman–Crippen MR) is 58.0 cm³/mol. The summed E-state index contributed by atoms with van der Waals surface area (Å²) in [5, 5.41) is 0. The molecule has 3 nitrogen and oxygen atoms in total. The summed E-state index contributed by atoms with van der Waals surface area (Å²) in [6.45, 7) is -0.226. The van der Waals surface area contributed by atoms with Crippen LogP contribution in [0.15, 0.2) is 0 Å². The molecule has 0 saturated carbocycles.